The minimum Gasteiger partial charge on any atom is -0.384 e. The highest BCUT2D eigenvalue weighted by molar-refractivity contribution is 7.92. The molecule has 5 nitrogen and oxygen atoms in total. The number of anilines is 1. The van der Waals surface area contributed by atoms with Gasteiger partial charge in [0.1, 0.15) is 5.84 Å². The summed E-state index contributed by atoms with van der Waals surface area (Å²) in [4.78, 5) is 0. The highest BCUT2D eigenvalue weighted by atomic mass is 32.2. The van der Waals surface area contributed by atoms with E-state index in [4.69, 9.17) is 11.1 Å². The highest BCUT2D eigenvalue weighted by Gasteiger charge is 2.09. The lowest BCUT2D eigenvalue weighted by Crippen LogP contribution is -2.17. The molecule has 0 atom stereocenters. The zero-order valence-electron chi connectivity index (χ0n) is 9.03. The zero-order valence-corrected chi connectivity index (χ0v) is 9.84. The van der Waals surface area contributed by atoms with Crippen LogP contribution in [0.1, 0.15) is 18.9 Å². The molecule has 88 valence electrons. The Kier molecular flexibility index (Phi) is 3.89. The molecule has 0 radical (unpaired) electrons. The Morgan fingerprint density at radius 3 is 2.75 bits per heavy atom. The van der Waals surface area contributed by atoms with E-state index in [1.54, 1.807) is 25.1 Å². The summed E-state index contributed by atoms with van der Waals surface area (Å²) >= 11 is 0. The predicted octanol–water partition coefficient (Wildman–Crippen LogP) is 1.12. The van der Waals surface area contributed by atoms with Crippen molar-refractivity contribution in [3.63, 3.8) is 0 Å². The molecular weight excluding hydrogens is 226 g/mol. The van der Waals surface area contributed by atoms with Crippen LogP contribution in [0.2, 0.25) is 0 Å². The SMILES string of the molecule is CCCS(=O)(=O)Nc1cccc(C(=N)N)c1. The van der Waals surface area contributed by atoms with Gasteiger partial charge in [0.15, 0.2) is 0 Å². The third-order valence-corrected chi connectivity index (χ3v) is 3.41. The average molecular weight is 241 g/mol. The van der Waals surface area contributed by atoms with E-state index < -0.39 is 10.0 Å². The highest BCUT2D eigenvalue weighted by Crippen LogP contribution is 2.12. The van der Waals surface area contributed by atoms with E-state index in [1.165, 1.54) is 6.07 Å². The van der Waals surface area contributed by atoms with Crippen molar-refractivity contribution in [1.29, 1.82) is 5.41 Å². The van der Waals surface area contributed by atoms with E-state index in [0.29, 0.717) is 17.7 Å². The van der Waals surface area contributed by atoms with E-state index in [-0.39, 0.29) is 11.6 Å². The quantitative estimate of drug-likeness (QED) is 0.532. The van der Waals surface area contributed by atoms with Crippen molar-refractivity contribution < 1.29 is 8.42 Å². The van der Waals surface area contributed by atoms with E-state index in [0.717, 1.165) is 0 Å². The van der Waals surface area contributed by atoms with Crippen molar-refractivity contribution in [1.82, 2.24) is 0 Å². The van der Waals surface area contributed by atoms with Crippen LogP contribution in [0.4, 0.5) is 5.69 Å². The van der Waals surface area contributed by atoms with Crippen LogP contribution >= 0.6 is 0 Å². The normalized spacial score (nSPS) is 11.1. The third-order valence-electron chi connectivity index (χ3n) is 1.92. The Morgan fingerprint density at radius 1 is 1.50 bits per heavy atom. The Bertz CT molecular complexity index is 483. The lowest BCUT2D eigenvalue weighted by Gasteiger charge is -2.08. The third kappa shape index (κ3) is 3.54. The van der Waals surface area contributed by atoms with Crippen molar-refractivity contribution in [2.24, 2.45) is 5.73 Å². The zero-order chi connectivity index (χ0) is 12.2. The van der Waals surface area contributed by atoms with E-state index in [9.17, 15) is 8.42 Å². The summed E-state index contributed by atoms with van der Waals surface area (Å²) in [5.74, 6) is -0.00588. The van der Waals surface area contributed by atoms with Gasteiger partial charge in [-0.25, -0.2) is 8.42 Å². The van der Waals surface area contributed by atoms with Gasteiger partial charge in [-0.15, -0.1) is 0 Å². The fourth-order valence-electron chi connectivity index (χ4n) is 1.25. The second-order valence-corrected chi connectivity index (χ2v) is 5.26. The van der Waals surface area contributed by atoms with E-state index in [1.807, 2.05) is 0 Å². The molecule has 0 aliphatic heterocycles. The topological polar surface area (TPSA) is 96.0 Å². The van der Waals surface area contributed by atoms with Gasteiger partial charge in [0.25, 0.3) is 0 Å². The van der Waals surface area contributed by atoms with Crippen LogP contribution in [0.15, 0.2) is 24.3 Å². The Morgan fingerprint density at radius 2 is 2.19 bits per heavy atom. The van der Waals surface area contributed by atoms with Gasteiger partial charge < -0.3 is 5.73 Å². The summed E-state index contributed by atoms with van der Waals surface area (Å²) in [5, 5.41) is 7.24. The molecule has 0 aromatic heterocycles. The maximum Gasteiger partial charge on any atom is 0.232 e. The molecule has 0 spiro atoms. The van der Waals surface area contributed by atoms with Crippen molar-refractivity contribution in [2.75, 3.05) is 10.5 Å². The second-order valence-electron chi connectivity index (χ2n) is 3.42. The van der Waals surface area contributed by atoms with Crippen molar-refractivity contribution >= 4 is 21.5 Å². The van der Waals surface area contributed by atoms with Crippen LogP contribution in [0, 0.1) is 5.41 Å². The van der Waals surface area contributed by atoms with Crippen LogP contribution < -0.4 is 10.5 Å². The minimum absolute atomic E-state index is 0.0807. The number of hydrogen-bond acceptors (Lipinski definition) is 3. The second kappa shape index (κ2) is 4.98. The molecule has 1 aromatic carbocycles. The molecule has 0 unspecified atom stereocenters. The smallest absolute Gasteiger partial charge is 0.232 e. The van der Waals surface area contributed by atoms with Gasteiger partial charge in [-0.2, -0.15) is 0 Å². The summed E-state index contributed by atoms with van der Waals surface area (Å²) in [5.41, 5.74) is 6.24. The predicted molar refractivity (Wildman–Crippen MR) is 65.2 cm³/mol. The molecule has 0 aliphatic rings. The molecule has 0 saturated heterocycles. The lowest BCUT2D eigenvalue weighted by molar-refractivity contribution is 0.600. The van der Waals surface area contributed by atoms with Crippen LogP contribution in [-0.2, 0) is 10.0 Å². The van der Waals surface area contributed by atoms with Gasteiger partial charge >= 0.3 is 0 Å². The molecule has 1 rings (SSSR count). The number of benzene rings is 1. The average Bonchev–Trinajstić information content (AvgIpc) is 2.17. The molecule has 0 fully saturated rings. The first-order valence-electron chi connectivity index (χ1n) is 4.89. The number of nitrogen functional groups attached to an aromatic ring is 1. The van der Waals surface area contributed by atoms with Crippen molar-refractivity contribution in [2.45, 2.75) is 13.3 Å². The molecule has 0 saturated carbocycles. The van der Waals surface area contributed by atoms with Crippen LogP contribution in [0.3, 0.4) is 0 Å². The molecule has 1 aromatic rings. The summed E-state index contributed by atoms with van der Waals surface area (Å²) in [6.45, 7) is 1.80. The largest absolute Gasteiger partial charge is 0.384 e. The lowest BCUT2D eigenvalue weighted by atomic mass is 10.2. The molecule has 16 heavy (non-hydrogen) atoms. The summed E-state index contributed by atoms with van der Waals surface area (Å²) in [6, 6.07) is 6.47. The number of hydrogen-bond donors (Lipinski definition) is 3. The molecule has 0 aliphatic carbocycles. The molecular formula is C10H15N3O2S. The van der Waals surface area contributed by atoms with Gasteiger partial charge in [0, 0.05) is 11.3 Å². The van der Waals surface area contributed by atoms with Crippen molar-refractivity contribution in [3.8, 4) is 0 Å². The van der Waals surface area contributed by atoms with Crippen LogP contribution in [0.5, 0.6) is 0 Å². The fourth-order valence-corrected chi connectivity index (χ4v) is 2.38. The van der Waals surface area contributed by atoms with Gasteiger partial charge in [0.05, 0.1) is 5.75 Å². The summed E-state index contributed by atoms with van der Waals surface area (Å²) in [6.07, 6.45) is 0.557. The first-order chi connectivity index (χ1) is 7.44. The number of amidine groups is 1. The van der Waals surface area contributed by atoms with Crippen LogP contribution in [0.25, 0.3) is 0 Å². The summed E-state index contributed by atoms with van der Waals surface area (Å²) < 4.78 is 25.4. The van der Waals surface area contributed by atoms with Crippen molar-refractivity contribution in [3.05, 3.63) is 29.8 Å². The van der Waals surface area contributed by atoms with Gasteiger partial charge in [-0.05, 0) is 18.6 Å². The van der Waals surface area contributed by atoms with Gasteiger partial charge in [-0.1, -0.05) is 19.1 Å². The molecule has 6 heteroatoms. The standard InChI is InChI=1S/C10H15N3O2S/c1-2-6-16(14,15)13-9-5-3-4-8(7-9)10(11)12/h3-5,7,13H,2,6H2,1H3,(H3,11,12). The minimum atomic E-state index is -3.29. The monoisotopic (exact) mass is 241 g/mol. The first-order valence-corrected chi connectivity index (χ1v) is 6.55. The molecule has 0 bridgehead atoms. The first kappa shape index (κ1) is 12.5. The number of nitrogens with two attached hydrogens (primary N) is 1. The molecule has 0 amide bonds. The van der Waals surface area contributed by atoms with Gasteiger partial charge in [-0.3, -0.25) is 10.1 Å². The fraction of sp³-hybridized carbons (Fsp3) is 0.300. The molecule has 0 heterocycles. The number of sulfonamides is 1. The number of nitrogens with one attached hydrogen (secondary N) is 2. The maximum absolute atomic E-state index is 11.5. The Balaban J connectivity index is 2.90. The Hall–Kier alpha value is -1.56. The maximum atomic E-state index is 11.5. The van der Waals surface area contributed by atoms with E-state index >= 15 is 0 Å². The van der Waals surface area contributed by atoms with E-state index in [2.05, 4.69) is 4.72 Å². The van der Waals surface area contributed by atoms with Crippen LogP contribution in [-0.4, -0.2) is 20.0 Å². The molecule has 4 N–H and O–H groups in total. The summed E-state index contributed by atoms with van der Waals surface area (Å²) in [7, 11) is -3.29. The number of rotatable bonds is 5. The van der Waals surface area contributed by atoms with Gasteiger partial charge in [0.2, 0.25) is 10.0 Å². The Labute approximate surface area is 95.2 Å².